The lowest BCUT2D eigenvalue weighted by Gasteiger charge is -2.48. The number of para-hydroxylation sites is 1. The van der Waals surface area contributed by atoms with Gasteiger partial charge in [0.2, 0.25) is 11.8 Å². The molecule has 156 valence electrons. The van der Waals surface area contributed by atoms with Crippen LogP contribution in [-0.2, 0) is 9.59 Å². The maximum Gasteiger partial charge on any atom is 0.257 e. The van der Waals surface area contributed by atoms with Crippen molar-refractivity contribution < 1.29 is 14.4 Å². The monoisotopic (exact) mass is 489 g/mol. The van der Waals surface area contributed by atoms with Crippen LogP contribution in [-0.4, -0.2) is 34.8 Å². The van der Waals surface area contributed by atoms with Crippen molar-refractivity contribution in [2.45, 2.75) is 38.3 Å². The fraction of sp³-hybridized carbons (Fsp3) is 0.318. The smallest absolute Gasteiger partial charge is 0.257 e. The molecular weight excluding hydrogens is 470 g/mol. The predicted molar refractivity (Wildman–Crippen MR) is 120 cm³/mol. The van der Waals surface area contributed by atoms with Gasteiger partial charge >= 0.3 is 0 Å². The molecule has 6 nitrogen and oxygen atoms in total. The third kappa shape index (κ3) is 3.61. The van der Waals surface area contributed by atoms with E-state index in [4.69, 9.17) is 11.6 Å². The summed E-state index contributed by atoms with van der Waals surface area (Å²) in [6, 6.07) is 12.5. The minimum Gasteiger partial charge on any atom is -0.325 e. The molecule has 8 heteroatoms. The van der Waals surface area contributed by atoms with E-state index in [-0.39, 0.29) is 24.1 Å². The standard InChI is InChI=1S/C22H21BrClN3O3/c1-22-11-10-20(29)27(22)18-6-3-2-5-15(18)21(30)26(22)12-4-7-19(28)25-17-9-8-14(23)13-16(17)24/h2-3,5-6,8-9,13H,4,7,10-12H2,1H3,(H,25,28). The van der Waals surface area contributed by atoms with Gasteiger partial charge in [-0.25, -0.2) is 0 Å². The number of nitrogens with one attached hydrogen (secondary N) is 1. The molecule has 0 aromatic heterocycles. The normalized spacial score (nSPS) is 20.2. The average molecular weight is 491 g/mol. The van der Waals surface area contributed by atoms with Crippen LogP contribution in [0.2, 0.25) is 5.02 Å². The number of hydrogen-bond acceptors (Lipinski definition) is 3. The van der Waals surface area contributed by atoms with Gasteiger partial charge in [-0.2, -0.15) is 0 Å². The maximum atomic E-state index is 13.2. The molecule has 1 saturated heterocycles. The molecule has 2 aromatic rings. The fourth-order valence-corrected chi connectivity index (χ4v) is 4.96. The first kappa shape index (κ1) is 20.9. The Morgan fingerprint density at radius 1 is 1.23 bits per heavy atom. The van der Waals surface area contributed by atoms with E-state index in [0.717, 1.165) is 4.47 Å². The lowest BCUT2D eigenvalue weighted by Crippen LogP contribution is -2.62. The van der Waals surface area contributed by atoms with Crippen LogP contribution in [0.5, 0.6) is 0 Å². The van der Waals surface area contributed by atoms with Crippen molar-refractivity contribution in [1.82, 2.24) is 4.90 Å². The number of nitrogens with zero attached hydrogens (tertiary/aromatic N) is 2. The van der Waals surface area contributed by atoms with E-state index in [9.17, 15) is 14.4 Å². The third-order valence-corrected chi connectivity index (χ3v) is 6.54. The van der Waals surface area contributed by atoms with E-state index < -0.39 is 5.66 Å². The Hall–Kier alpha value is -2.38. The van der Waals surface area contributed by atoms with Crippen LogP contribution in [0.1, 0.15) is 43.0 Å². The second-order valence-electron chi connectivity index (χ2n) is 7.70. The molecule has 3 amide bonds. The number of fused-ring (bicyclic) bond motifs is 3. The first-order valence-corrected chi connectivity index (χ1v) is 11.0. The van der Waals surface area contributed by atoms with Gasteiger partial charge in [0, 0.05) is 23.9 Å². The molecule has 0 spiro atoms. The van der Waals surface area contributed by atoms with E-state index in [2.05, 4.69) is 21.2 Å². The van der Waals surface area contributed by atoms with Crippen LogP contribution in [0.15, 0.2) is 46.9 Å². The summed E-state index contributed by atoms with van der Waals surface area (Å²) in [6.45, 7) is 2.31. The number of amides is 3. The van der Waals surface area contributed by atoms with Gasteiger partial charge in [-0.3, -0.25) is 19.3 Å². The van der Waals surface area contributed by atoms with Gasteiger partial charge in [0.05, 0.1) is 22.0 Å². The number of carbonyl (C=O) groups is 3. The molecular formula is C22H21BrClN3O3. The highest BCUT2D eigenvalue weighted by molar-refractivity contribution is 9.10. The van der Waals surface area contributed by atoms with E-state index >= 15 is 0 Å². The number of anilines is 2. The zero-order valence-electron chi connectivity index (χ0n) is 16.5. The summed E-state index contributed by atoms with van der Waals surface area (Å²) in [5, 5.41) is 3.26. The maximum absolute atomic E-state index is 13.2. The first-order chi connectivity index (χ1) is 14.3. The fourth-order valence-electron chi connectivity index (χ4n) is 4.24. The van der Waals surface area contributed by atoms with E-state index in [1.807, 2.05) is 19.1 Å². The molecule has 2 aliphatic heterocycles. The summed E-state index contributed by atoms with van der Waals surface area (Å²) < 4.78 is 0.832. The van der Waals surface area contributed by atoms with Crippen LogP contribution in [0.25, 0.3) is 0 Å². The van der Waals surface area contributed by atoms with Crippen molar-refractivity contribution in [2.24, 2.45) is 0 Å². The van der Waals surface area contributed by atoms with Crippen LogP contribution >= 0.6 is 27.5 Å². The minimum atomic E-state index is -0.700. The summed E-state index contributed by atoms with van der Waals surface area (Å²) in [5.74, 6) is -0.255. The summed E-state index contributed by atoms with van der Waals surface area (Å²) >= 11 is 9.49. The molecule has 30 heavy (non-hydrogen) atoms. The summed E-state index contributed by atoms with van der Waals surface area (Å²) in [5.41, 5.74) is 1.05. The molecule has 0 radical (unpaired) electrons. The summed E-state index contributed by atoms with van der Waals surface area (Å²) in [4.78, 5) is 41.6. The van der Waals surface area contributed by atoms with Crippen molar-refractivity contribution >= 4 is 56.6 Å². The van der Waals surface area contributed by atoms with E-state index in [1.54, 1.807) is 40.1 Å². The largest absolute Gasteiger partial charge is 0.325 e. The van der Waals surface area contributed by atoms with Gasteiger partial charge in [-0.1, -0.05) is 39.7 Å². The SMILES string of the molecule is CC12CCC(=O)N1c1ccccc1C(=O)N2CCCC(=O)Nc1ccc(Br)cc1Cl. The number of carbonyl (C=O) groups excluding carboxylic acids is 3. The lowest BCUT2D eigenvalue weighted by atomic mass is 9.98. The van der Waals surface area contributed by atoms with E-state index in [1.165, 1.54) is 0 Å². The summed E-state index contributed by atoms with van der Waals surface area (Å²) in [7, 11) is 0. The Morgan fingerprint density at radius 2 is 2.00 bits per heavy atom. The molecule has 1 atom stereocenters. The number of halogens is 2. The third-order valence-electron chi connectivity index (χ3n) is 5.74. The average Bonchev–Trinajstić information content (AvgIpc) is 3.02. The topological polar surface area (TPSA) is 69.7 Å². The second-order valence-corrected chi connectivity index (χ2v) is 9.02. The van der Waals surface area contributed by atoms with Gasteiger partial charge in [-0.15, -0.1) is 0 Å². The highest BCUT2D eigenvalue weighted by atomic mass is 79.9. The summed E-state index contributed by atoms with van der Waals surface area (Å²) in [6.07, 6.45) is 1.69. The molecule has 0 bridgehead atoms. The number of rotatable bonds is 5. The highest BCUT2D eigenvalue weighted by Crippen LogP contribution is 2.44. The predicted octanol–water partition coefficient (Wildman–Crippen LogP) is 4.82. The molecule has 1 N–H and O–H groups in total. The number of hydrogen-bond donors (Lipinski definition) is 1. The Kier molecular flexibility index (Phi) is 5.59. The molecule has 0 aliphatic carbocycles. The molecule has 4 rings (SSSR count). The van der Waals surface area contributed by atoms with Crippen molar-refractivity contribution in [1.29, 1.82) is 0 Å². The van der Waals surface area contributed by atoms with Crippen molar-refractivity contribution in [2.75, 3.05) is 16.8 Å². The lowest BCUT2D eigenvalue weighted by molar-refractivity contribution is -0.118. The minimum absolute atomic E-state index is 0.0186. The van der Waals surface area contributed by atoms with Gasteiger partial charge in [0.15, 0.2) is 0 Å². The Balaban J connectivity index is 1.46. The Labute approximate surface area is 188 Å². The second kappa shape index (κ2) is 8.04. The zero-order valence-corrected chi connectivity index (χ0v) is 18.8. The first-order valence-electron chi connectivity index (χ1n) is 9.80. The highest BCUT2D eigenvalue weighted by Gasteiger charge is 2.52. The Morgan fingerprint density at radius 3 is 2.77 bits per heavy atom. The van der Waals surface area contributed by atoms with Crippen LogP contribution in [0.4, 0.5) is 11.4 Å². The van der Waals surface area contributed by atoms with Crippen LogP contribution in [0, 0.1) is 0 Å². The Bertz CT molecular complexity index is 1040. The van der Waals surface area contributed by atoms with Crippen molar-refractivity contribution in [3.63, 3.8) is 0 Å². The molecule has 2 aromatic carbocycles. The zero-order chi connectivity index (χ0) is 21.5. The molecule has 0 saturated carbocycles. The van der Waals surface area contributed by atoms with E-state index in [0.29, 0.717) is 47.8 Å². The quantitative estimate of drug-likeness (QED) is 0.653. The molecule has 2 heterocycles. The van der Waals surface area contributed by atoms with Gasteiger partial charge in [0.25, 0.3) is 5.91 Å². The molecule has 2 aliphatic rings. The number of benzene rings is 2. The van der Waals surface area contributed by atoms with Gasteiger partial charge < -0.3 is 10.2 Å². The van der Waals surface area contributed by atoms with Crippen LogP contribution in [0.3, 0.4) is 0 Å². The van der Waals surface area contributed by atoms with Gasteiger partial charge in [-0.05, 0) is 50.1 Å². The van der Waals surface area contributed by atoms with Crippen molar-refractivity contribution in [3.05, 3.63) is 57.5 Å². The molecule has 1 unspecified atom stereocenters. The van der Waals surface area contributed by atoms with Crippen LogP contribution < -0.4 is 10.2 Å². The van der Waals surface area contributed by atoms with Crippen molar-refractivity contribution in [3.8, 4) is 0 Å². The molecule has 1 fully saturated rings. The van der Waals surface area contributed by atoms with Gasteiger partial charge in [0.1, 0.15) is 5.66 Å².